The average Bonchev–Trinajstić information content (AvgIpc) is 3.39. The molecule has 0 aliphatic rings. The van der Waals surface area contributed by atoms with Crippen molar-refractivity contribution in [1.82, 2.24) is 0 Å². The third kappa shape index (κ3) is 13.8. The molecule has 0 aliphatic heterocycles. The molecule has 0 atom stereocenters. The molecule has 0 spiro atoms. The molecule has 8 aromatic carbocycles. The summed E-state index contributed by atoms with van der Waals surface area (Å²) in [6.45, 7) is 8.02. The second-order valence-electron chi connectivity index (χ2n) is 16.2. The first-order valence-corrected chi connectivity index (χ1v) is 26.8. The molecule has 0 aliphatic carbocycles. The van der Waals surface area contributed by atoms with Gasteiger partial charge in [0.05, 0.1) is 40.2 Å². The van der Waals surface area contributed by atoms with Crippen molar-refractivity contribution in [2.24, 2.45) is 25.4 Å². The first-order chi connectivity index (χ1) is 36.3. The maximum Gasteiger partial charge on any atom is 2.00 e. The number of fused-ring (bicyclic) bond motifs is 2. The number of aryl methyl sites for hydroxylation is 2. The monoisotopic (exact) mass is 1240 g/mol. The average molecular weight is 1240 g/mol. The summed E-state index contributed by atoms with van der Waals surface area (Å²) >= 11 is 12.5. The van der Waals surface area contributed by atoms with Gasteiger partial charge >= 0.3 is 48.9 Å². The molecule has 0 unspecified atom stereocenters. The summed E-state index contributed by atoms with van der Waals surface area (Å²) in [6.07, 6.45) is 0.857. The van der Waals surface area contributed by atoms with Gasteiger partial charge in [0.2, 0.25) is 0 Å². The summed E-state index contributed by atoms with van der Waals surface area (Å²) in [5.74, 6) is -1.65. The van der Waals surface area contributed by atoms with E-state index in [1.807, 2.05) is 13.8 Å². The van der Waals surface area contributed by atoms with Gasteiger partial charge in [0, 0.05) is 10.8 Å². The van der Waals surface area contributed by atoms with Gasteiger partial charge < -0.3 is 30.1 Å². The van der Waals surface area contributed by atoms with Crippen molar-refractivity contribution in [2.45, 2.75) is 50.3 Å². The van der Waals surface area contributed by atoms with Crippen LogP contribution in [0.25, 0.3) is 21.5 Å². The van der Waals surface area contributed by atoms with E-state index in [0.29, 0.717) is 75.9 Å². The maximum absolute atomic E-state index is 13.5. The molecule has 392 valence electrons. The molecule has 23 heteroatoms. The molecule has 0 saturated carbocycles. The fourth-order valence-corrected chi connectivity index (χ4v) is 9.91. The Morgan fingerprint density at radius 2 is 1.04 bits per heavy atom. The molecule has 0 saturated heterocycles. The van der Waals surface area contributed by atoms with E-state index in [9.17, 15) is 46.1 Å². The molecular weight excluding hydrogens is 1200 g/mol. The Hall–Kier alpha value is -6.41. The molecule has 1 amide bonds. The maximum atomic E-state index is 13.5. The summed E-state index contributed by atoms with van der Waals surface area (Å²) in [4.78, 5) is 16.3. The standard InChI is InChI=1S/2C27H24ClN3O6S.Ba/c2*1-3-16-13-14-22(38(34,35)36)23(28)24(16)30-31-25-18-10-6-5-9-17(18)15-19(26(25)32)27(33)29-20-11-7-8-12-21(20)37-4-2;/h2*5-15,32H,3-4H2,1-2H3,(H,29,33)(H,34,35,36);/q;;+2/p-2. The molecule has 0 fully saturated rings. The van der Waals surface area contributed by atoms with E-state index in [-0.39, 0.29) is 98.5 Å². The Morgan fingerprint density at radius 3 is 1.57 bits per heavy atom. The van der Waals surface area contributed by atoms with Crippen molar-refractivity contribution >= 4 is 160 Å². The fourth-order valence-electron chi connectivity index (χ4n) is 7.75. The third-order valence-electron chi connectivity index (χ3n) is 11.4. The number of hydrogen-bond donors (Lipinski definition) is 4. The zero-order valence-corrected chi connectivity index (χ0v) is 49.1. The van der Waals surface area contributed by atoms with E-state index in [1.165, 1.54) is 36.4 Å². The van der Waals surface area contributed by atoms with Crippen LogP contribution in [0, 0.1) is 0 Å². The zero-order valence-electron chi connectivity index (χ0n) is 41.6. The van der Waals surface area contributed by atoms with Crippen molar-refractivity contribution < 1.29 is 55.5 Å². The number of azo groups is 2. The molecule has 0 heterocycles. The van der Waals surface area contributed by atoms with Gasteiger partial charge in [-0.15, -0.1) is 15.3 Å². The minimum Gasteiger partial charge on any atom is -0.871 e. The van der Waals surface area contributed by atoms with Gasteiger partial charge in [-0.3, -0.25) is 18.9 Å². The van der Waals surface area contributed by atoms with E-state index in [2.05, 4.69) is 30.8 Å². The number of aliphatic imine (C=N–C) groups is 1. The van der Waals surface area contributed by atoms with Gasteiger partial charge in [-0.1, -0.05) is 128 Å². The van der Waals surface area contributed by atoms with E-state index in [4.69, 9.17) is 32.7 Å². The van der Waals surface area contributed by atoms with Crippen LogP contribution in [0.3, 0.4) is 0 Å². The van der Waals surface area contributed by atoms with Crippen LogP contribution in [0.5, 0.6) is 23.0 Å². The van der Waals surface area contributed by atoms with Crippen LogP contribution in [-0.4, -0.2) is 105 Å². The van der Waals surface area contributed by atoms with E-state index in [0.717, 1.165) is 0 Å². The minimum atomic E-state index is -4.62. The van der Waals surface area contributed by atoms with Gasteiger partial charge in [-0.2, -0.15) is 21.9 Å². The number of hydrogen-bond acceptors (Lipinski definition) is 15. The number of aromatic hydroxyl groups is 1. The van der Waals surface area contributed by atoms with Crippen molar-refractivity contribution in [2.75, 3.05) is 18.5 Å². The number of para-hydroxylation sites is 4. The molecule has 8 rings (SSSR count). The SMILES string of the molecule is CCOc1ccccc1N=C([O-])c1cc2ccccc2c(N=Nc2c(CC)ccc(S(=O)(=O)O)c2Cl)c1[O-].CCOc1ccccc1NC(=O)c1cc2ccccc2c(N=Nc2c(CC)ccc(S(=O)(=O)O)c2Cl)c1O.[Ba+2]. The van der Waals surface area contributed by atoms with Crippen molar-refractivity contribution in [3.8, 4) is 23.0 Å². The number of carbonyl (C=O) groups excluding carboxylic acids is 1. The first kappa shape index (κ1) is 59.8. The predicted molar refractivity (Wildman–Crippen MR) is 294 cm³/mol. The molecule has 77 heavy (non-hydrogen) atoms. The molecule has 4 N–H and O–H groups in total. The van der Waals surface area contributed by atoms with E-state index < -0.39 is 53.3 Å². The molecule has 18 nitrogen and oxygen atoms in total. The van der Waals surface area contributed by atoms with Crippen LogP contribution in [0.4, 0.5) is 34.1 Å². The number of benzene rings is 8. The van der Waals surface area contributed by atoms with Crippen LogP contribution in [0.15, 0.2) is 169 Å². The summed E-state index contributed by atoms with van der Waals surface area (Å²) in [5.41, 5.74) is 1.38. The van der Waals surface area contributed by atoms with E-state index >= 15 is 0 Å². The number of ether oxygens (including phenoxy) is 2. The van der Waals surface area contributed by atoms with Crippen molar-refractivity contribution in [1.29, 1.82) is 0 Å². The van der Waals surface area contributed by atoms with Crippen LogP contribution < -0.4 is 25.0 Å². The Morgan fingerprint density at radius 1 is 0.597 bits per heavy atom. The van der Waals surface area contributed by atoms with Crippen LogP contribution in [-0.2, 0) is 33.1 Å². The third-order valence-corrected chi connectivity index (χ3v) is 14.2. The van der Waals surface area contributed by atoms with Gasteiger partial charge in [0.1, 0.15) is 44.0 Å². The summed E-state index contributed by atoms with van der Waals surface area (Å²) < 4.78 is 77.1. The van der Waals surface area contributed by atoms with Crippen LogP contribution >= 0.6 is 23.2 Å². The number of phenolic OH excluding ortho intramolecular Hbond substituents is 1. The topological polar surface area (TPSA) is 284 Å². The Labute approximate surface area is 493 Å². The van der Waals surface area contributed by atoms with Crippen molar-refractivity contribution in [3.63, 3.8) is 0 Å². The number of anilines is 1. The second kappa shape index (κ2) is 26.3. The smallest absolute Gasteiger partial charge is 0.871 e. The number of halogens is 2. The number of nitrogens with one attached hydrogen (secondary N) is 1. The number of carbonyl (C=O) groups is 1. The zero-order chi connectivity index (χ0) is 54.9. The normalized spacial score (nSPS) is 11.9. The second-order valence-corrected chi connectivity index (χ2v) is 19.7. The van der Waals surface area contributed by atoms with Crippen molar-refractivity contribution in [3.05, 3.63) is 166 Å². The summed E-state index contributed by atoms with van der Waals surface area (Å²) in [5, 5.41) is 58.6. The Kier molecular flexibility index (Phi) is 20.4. The van der Waals surface area contributed by atoms with E-state index in [1.54, 1.807) is 111 Å². The quantitative estimate of drug-likeness (QED) is 0.0231. The summed E-state index contributed by atoms with van der Waals surface area (Å²) in [7, 11) is -9.23. The minimum absolute atomic E-state index is 0. The predicted octanol–water partition coefficient (Wildman–Crippen LogP) is 12.3. The Balaban J connectivity index is 0.000000246. The van der Waals surface area contributed by atoms with Crippen LogP contribution in [0.2, 0.25) is 10.0 Å². The van der Waals surface area contributed by atoms with Crippen LogP contribution in [0.1, 0.15) is 54.7 Å². The van der Waals surface area contributed by atoms with Gasteiger partial charge in [0.25, 0.3) is 26.1 Å². The molecule has 0 aromatic heterocycles. The number of rotatable bonds is 16. The summed E-state index contributed by atoms with van der Waals surface area (Å²) in [6, 6.07) is 35.7. The first-order valence-electron chi connectivity index (χ1n) is 23.2. The van der Waals surface area contributed by atoms with Gasteiger partial charge in [0.15, 0.2) is 5.75 Å². The fraction of sp³-hybridized carbons (Fsp3) is 0.148. The largest absolute Gasteiger partial charge is 2.00 e. The molecular formula is C54H46BaCl2N6O12S2. The molecule has 0 bridgehead atoms. The number of amides is 1. The Bertz CT molecular complexity index is 3860. The molecule has 0 radical (unpaired) electrons. The van der Waals surface area contributed by atoms with Gasteiger partial charge in [-0.05, 0) is 109 Å². The number of phenols is 1. The molecule has 8 aromatic rings. The number of nitrogens with zero attached hydrogens (tertiary/aromatic N) is 5. The van der Waals surface area contributed by atoms with Gasteiger partial charge in [-0.25, -0.2) is 0 Å².